The van der Waals surface area contributed by atoms with Crippen LogP contribution in [0.25, 0.3) is 0 Å². The molecular formula is C9H14ClN3. The second kappa shape index (κ2) is 3.68. The first-order chi connectivity index (χ1) is 6.27. The van der Waals surface area contributed by atoms with Gasteiger partial charge < -0.3 is 10.3 Å². The van der Waals surface area contributed by atoms with Gasteiger partial charge in [-0.25, -0.2) is 4.98 Å². The zero-order valence-corrected chi connectivity index (χ0v) is 8.24. The highest BCUT2D eigenvalue weighted by molar-refractivity contribution is 6.28. The van der Waals surface area contributed by atoms with E-state index in [4.69, 9.17) is 17.3 Å². The Labute approximate surface area is 82.9 Å². The van der Waals surface area contributed by atoms with Crippen LogP contribution in [0.15, 0.2) is 12.4 Å². The maximum Gasteiger partial charge on any atom is 0.202 e. The van der Waals surface area contributed by atoms with Crippen LogP contribution in [0, 0.1) is 0 Å². The van der Waals surface area contributed by atoms with E-state index in [-0.39, 0.29) is 0 Å². The number of rotatable bonds is 1. The molecule has 0 spiro atoms. The van der Waals surface area contributed by atoms with E-state index < -0.39 is 0 Å². The van der Waals surface area contributed by atoms with Gasteiger partial charge in [0.05, 0.1) is 0 Å². The number of nitrogens with zero attached hydrogens (tertiary/aromatic N) is 2. The number of aromatic nitrogens is 2. The second-order valence-corrected chi connectivity index (χ2v) is 4.01. The molecule has 1 aromatic rings. The first kappa shape index (κ1) is 9.03. The summed E-state index contributed by atoms with van der Waals surface area (Å²) >= 11 is 5.93. The lowest BCUT2D eigenvalue weighted by atomic mass is 9.92. The maximum absolute atomic E-state index is 5.93. The van der Waals surface area contributed by atoms with Crippen LogP contribution in [0.1, 0.15) is 31.7 Å². The van der Waals surface area contributed by atoms with E-state index in [1.54, 1.807) is 6.20 Å². The molecule has 0 bridgehead atoms. The fourth-order valence-electron chi connectivity index (χ4n) is 1.95. The van der Waals surface area contributed by atoms with Gasteiger partial charge in [-0.1, -0.05) is 0 Å². The van der Waals surface area contributed by atoms with Crippen molar-refractivity contribution in [1.82, 2.24) is 9.55 Å². The van der Waals surface area contributed by atoms with Crippen LogP contribution in [0.5, 0.6) is 0 Å². The topological polar surface area (TPSA) is 43.8 Å². The third-order valence-electron chi connectivity index (χ3n) is 2.76. The average Bonchev–Trinajstić information content (AvgIpc) is 2.53. The molecule has 0 aromatic carbocycles. The molecule has 2 rings (SSSR count). The first-order valence-corrected chi connectivity index (χ1v) is 5.09. The van der Waals surface area contributed by atoms with E-state index in [2.05, 4.69) is 4.98 Å². The van der Waals surface area contributed by atoms with E-state index in [1.807, 2.05) is 10.8 Å². The van der Waals surface area contributed by atoms with Crippen LogP contribution in [0.2, 0.25) is 5.28 Å². The molecule has 4 heteroatoms. The van der Waals surface area contributed by atoms with E-state index >= 15 is 0 Å². The Morgan fingerprint density at radius 3 is 2.62 bits per heavy atom. The lowest BCUT2D eigenvalue weighted by Gasteiger charge is -2.27. The van der Waals surface area contributed by atoms with Crippen molar-refractivity contribution in [1.29, 1.82) is 0 Å². The monoisotopic (exact) mass is 199 g/mol. The minimum Gasteiger partial charge on any atom is -0.328 e. The Morgan fingerprint density at radius 1 is 1.38 bits per heavy atom. The van der Waals surface area contributed by atoms with Gasteiger partial charge in [-0.3, -0.25) is 0 Å². The van der Waals surface area contributed by atoms with Crippen molar-refractivity contribution in [2.45, 2.75) is 37.8 Å². The fourth-order valence-corrected chi connectivity index (χ4v) is 2.20. The van der Waals surface area contributed by atoms with Crippen LogP contribution in [0.3, 0.4) is 0 Å². The first-order valence-electron chi connectivity index (χ1n) is 4.71. The molecule has 0 aliphatic heterocycles. The number of hydrogen-bond donors (Lipinski definition) is 1. The Balaban J connectivity index is 2.06. The Bertz CT molecular complexity index is 276. The van der Waals surface area contributed by atoms with Gasteiger partial charge in [-0.05, 0) is 37.3 Å². The predicted molar refractivity (Wildman–Crippen MR) is 52.7 cm³/mol. The summed E-state index contributed by atoms with van der Waals surface area (Å²) in [5.41, 5.74) is 5.83. The van der Waals surface area contributed by atoms with E-state index in [1.165, 1.54) is 0 Å². The molecule has 0 unspecified atom stereocenters. The summed E-state index contributed by atoms with van der Waals surface area (Å²) in [6.45, 7) is 0. The highest BCUT2D eigenvalue weighted by Gasteiger charge is 2.20. The number of nitrogens with two attached hydrogens (primary N) is 1. The zero-order chi connectivity index (χ0) is 9.26. The summed E-state index contributed by atoms with van der Waals surface area (Å²) in [4.78, 5) is 4.01. The van der Waals surface area contributed by atoms with Crippen LogP contribution < -0.4 is 5.73 Å². The molecule has 2 N–H and O–H groups in total. The minimum absolute atomic E-state index is 0.388. The molecule has 1 fully saturated rings. The predicted octanol–water partition coefficient (Wildman–Crippen LogP) is 1.98. The quantitative estimate of drug-likeness (QED) is 0.752. The Hall–Kier alpha value is -0.540. The molecule has 0 amide bonds. The van der Waals surface area contributed by atoms with Gasteiger partial charge in [-0.15, -0.1) is 0 Å². The highest BCUT2D eigenvalue weighted by Crippen LogP contribution is 2.29. The number of hydrogen-bond acceptors (Lipinski definition) is 2. The average molecular weight is 200 g/mol. The molecule has 1 aliphatic rings. The third-order valence-corrected chi connectivity index (χ3v) is 3.05. The van der Waals surface area contributed by atoms with Gasteiger partial charge in [0.25, 0.3) is 0 Å². The van der Waals surface area contributed by atoms with Crippen molar-refractivity contribution in [3.05, 3.63) is 17.7 Å². The molecule has 1 heterocycles. The molecule has 13 heavy (non-hydrogen) atoms. The standard InChI is InChI=1S/C9H14ClN3/c10-9-12-5-6-13(9)8-3-1-7(11)2-4-8/h5-8H,1-4,11H2. The van der Waals surface area contributed by atoms with Gasteiger partial charge >= 0.3 is 0 Å². The lowest BCUT2D eigenvalue weighted by molar-refractivity contribution is 0.324. The van der Waals surface area contributed by atoms with Gasteiger partial charge in [0.15, 0.2) is 0 Å². The van der Waals surface area contributed by atoms with Crippen molar-refractivity contribution < 1.29 is 0 Å². The Kier molecular flexibility index (Phi) is 2.56. The zero-order valence-electron chi connectivity index (χ0n) is 7.49. The largest absolute Gasteiger partial charge is 0.328 e. The van der Waals surface area contributed by atoms with Crippen molar-refractivity contribution in [2.24, 2.45) is 5.73 Å². The maximum atomic E-state index is 5.93. The summed E-state index contributed by atoms with van der Waals surface area (Å²) in [5, 5.41) is 0.598. The fraction of sp³-hybridized carbons (Fsp3) is 0.667. The van der Waals surface area contributed by atoms with Crippen molar-refractivity contribution in [3.63, 3.8) is 0 Å². The molecule has 3 nitrogen and oxygen atoms in total. The summed E-state index contributed by atoms with van der Waals surface area (Å²) in [6, 6.07) is 0.897. The molecule has 0 atom stereocenters. The van der Waals surface area contributed by atoms with Crippen molar-refractivity contribution >= 4 is 11.6 Å². The Morgan fingerprint density at radius 2 is 2.08 bits per heavy atom. The molecule has 1 aliphatic carbocycles. The van der Waals surface area contributed by atoms with Crippen LogP contribution >= 0.6 is 11.6 Å². The minimum atomic E-state index is 0.388. The van der Waals surface area contributed by atoms with Gasteiger partial charge in [0, 0.05) is 24.5 Å². The van der Waals surface area contributed by atoms with E-state index in [9.17, 15) is 0 Å². The normalized spacial score (nSPS) is 29.1. The molecular weight excluding hydrogens is 186 g/mol. The summed E-state index contributed by atoms with van der Waals surface area (Å²) in [6.07, 6.45) is 8.13. The summed E-state index contributed by atoms with van der Waals surface area (Å²) < 4.78 is 2.05. The molecule has 0 radical (unpaired) electrons. The number of imidazole rings is 1. The third kappa shape index (κ3) is 1.86. The smallest absolute Gasteiger partial charge is 0.202 e. The summed E-state index contributed by atoms with van der Waals surface area (Å²) in [7, 11) is 0. The van der Waals surface area contributed by atoms with Gasteiger partial charge in [0.1, 0.15) is 0 Å². The van der Waals surface area contributed by atoms with Crippen molar-refractivity contribution in [3.8, 4) is 0 Å². The van der Waals surface area contributed by atoms with Crippen LogP contribution in [-0.2, 0) is 0 Å². The molecule has 72 valence electrons. The van der Waals surface area contributed by atoms with Crippen molar-refractivity contribution in [2.75, 3.05) is 0 Å². The van der Waals surface area contributed by atoms with Gasteiger partial charge in [0.2, 0.25) is 5.28 Å². The molecule has 1 saturated carbocycles. The summed E-state index contributed by atoms with van der Waals surface area (Å²) in [5.74, 6) is 0. The SMILES string of the molecule is NC1CCC(n2ccnc2Cl)CC1. The molecule has 0 saturated heterocycles. The lowest BCUT2D eigenvalue weighted by Crippen LogP contribution is -2.27. The van der Waals surface area contributed by atoms with Crippen LogP contribution in [0.4, 0.5) is 0 Å². The highest BCUT2D eigenvalue weighted by atomic mass is 35.5. The van der Waals surface area contributed by atoms with Gasteiger partial charge in [-0.2, -0.15) is 0 Å². The number of halogens is 1. The van der Waals surface area contributed by atoms with Crippen LogP contribution in [-0.4, -0.2) is 15.6 Å². The molecule has 1 aromatic heterocycles. The van der Waals surface area contributed by atoms with E-state index in [0.717, 1.165) is 25.7 Å². The van der Waals surface area contributed by atoms with E-state index in [0.29, 0.717) is 17.4 Å². The second-order valence-electron chi connectivity index (χ2n) is 3.67.